The van der Waals surface area contributed by atoms with Gasteiger partial charge in [0, 0.05) is 0 Å². The van der Waals surface area contributed by atoms with Gasteiger partial charge in [-0.3, -0.25) is 0 Å². The van der Waals surface area contributed by atoms with E-state index in [1.54, 1.807) is 32.1 Å². The lowest BCUT2D eigenvalue weighted by Gasteiger charge is -2.16. The van der Waals surface area contributed by atoms with Crippen molar-refractivity contribution in [1.29, 1.82) is 0 Å². The SMILES string of the molecule is CC12CC13CCC2CC3. The van der Waals surface area contributed by atoms with Crippen molar-refractivity contribution in [3.8, 4) is 0 Å². The van der Waals surface area contributed by atoms with Crippen LogP contribution in [0.3, 0.4) is 0 Å². The van der Waals surface area contributed by atoms with Gasteiger partial charge in [-0.2, -0.15) is 0 Å². The Bertz CT molecular complexity index is 154. The lowest BCUT2D eigenvalue weighted by Crippen LogP contribution is -2.05. The summed E-state index contributed by atoms with van der Waals surface area (Å²) in [5.41, 5.74) is 1.78. The van der Waals surface area contributed by atoms with Gasteiger partial charge < -0.3 is 0 Å². The van der Waals surface area contributed by atoms with Gasteiger partial charge in [-0.1, -0.05) is 6.92 Å². The van der Waals surface area contributed by atoms with Crippen molar-refractivity contribution < 1.29 is 0 Å². The number of rotatable bonds is 0. The van der Waals surface area contributed by atoms with E-state index in [1.165, 1.54) is 0 Å². The summed E-state index contributed by atoms with van der Waals surface area (Å²) in [6, 6.07) is 0. The van der Waals surface area contributed by atoms with Crippen molar-refractivity contribution in [2.24, 2.45) is 16.7 Å². The first kappa shape index (κ1) is 4.76. The highest BCUT2D eigenvalue weighted by molar-refractivity contribution is 5.23. The first-order valence-electron chi connectivity index (χ1n) is 4.27. The molecule has 50 valence electrons. The molecule has 0 heteroatoms. The molecule has 1 atom stereocenters. The van der Waals surface area contributed by atoms with E-state index in [9.17, 15) is 0 Å². The largest absolute Gasteiger partial charge is 0.0588 e. The molecule has 0 radical (unpaired) electrons. The van der Waals surface area contributed by atoms with Crippen LogP contribution in [0.25, 0.3) is 0 Å². The first-order chi connectivity index (χ1) is 4.27. The lowest BCUT2D eigenvalue weighted by molar-refractivity contribution is 0.349. The molecule has 0 spiro atoms. The predicted molar refractivity (Wildman–Crippen MR) is 37.1 cm³/mol. The van der Waals surface area contributed by atoms with Crippen molar-refractivity contribution in [3.63, 3.8) is 0 Å². The molecule has 3 aliphatic rings. The predicted octanol–water partition coefficient (Wildman–Crippen LogP) is 2.59. The summed E-state index contributed by atoms with van der Waals surface area (Å²) in [6.07, 6.45) is 7.88. The molecule has 0 N–H and O–H groups in total. The molecule has 3 aliphatic carbocycles. The molecule has 1 unspecified atom stereocenters. The van der Waals surface area contributed by atoms with Crippen molar-refractivity contribution in [2.45, 2.75) is 39.0 Å². The molecule has 0 amide bonds. The van der Waals surface area contributed by atoms with Crippen LogP contribution in [0.5, 0.6) is 0 Å². The van der Waals surface area contributed by atoms with E-state index in [1.807, 2.05) is 0 Å². The van der Waals surface area contributed by atoms with Crippen LogP contribution in [0, 0.1) is 16.7 Å². The highest BCUT2D eigenvalue weighted by Crippen LogP contribution is 2.82. The van der Waals surface area contributed by atoms with Crippen LogP contribution in [-0.4, -0.2) is 0 Å². The second-order valence-electron chi connectivity index (χ2n) is 4.65. The molecule has 0 aromatic carbocycles. The summed E-state index contributed by atoms with van der Waals surface area (Å²) in [5, 5.41) is 0. The van der Waals surface area contributed by atoms with E-state index in [2.05, 4.69) is 6.92 Å². The van der Waals surface area contributed by atoms with Gasteiger partial charge in [0.25, 0.3) is 0 Å². The molecular weight excluding hydrogens is 108 g/mol. The van der Waals surface area contributed by atoms with Crippen molar-refractivity contribution in [1.82, 2.24) is 0 Å². The molecule has 0 nitrogen and oxygen atoms in total. The molecule has 0 heterocycles. The van der Waals surface area contributed by atoms with Crippen molar-refractivity contribution >= 4 is 0 Å². The highest BCUT2D eigenvalue weighted by Gasteiger charge is 2.73. The van der Waals surface area contributed by atoms with Crippen molar-refractivity contribution in [3.05, 3.63) is 0 Å². The standard InChI is InChI=1S/C9H14/c1-8-6-9(8)4-2-7(8)3-5-9/h7H,2-6H2,1H3. The Kier molecular flexibility index (Phi) is 0.518. The van der Waals surface area contributed by atoms with E-state index in [-0.39, 0.29) is 0 Å². The maximum absolute atomic E-state index is 2.53. The van der Waals surface area contributed by atoms with Crippen LogP contribution in [0.1, 0.15) is 39.0 Å². The topological polar surface area (TPSA) is 0 Å². The Labute approximate surface area is 56.6 Å². The summed E-state index contributed by atoms with van der Waals surface area (Å²) in [5.74, 6) is 1.15. The fraction of sp³-hybridized carbons (Fsp3) is 1.00. The van der Waals surface area contributed by atoms with E-state index in [4.69, 9.17) is 0 Å². The zero-order valence-corrected chi connectivity index (χ0v) is 6.11. The molecular formula is C9H14. The third kappa shape index (κ3) is 0.300. The third-order valence-electron chi connectivity index (χ3n) is 4.64. The van der Waals surface area contributed by atoms with Crippen LogP contribution in [0.2, 0.25) is 0 Å². The molecule has 0 aromatic rings. The average molecular weight is 122 g/mol. The fourth-order valence-electron chi connectivity index (χ4n) is 3.79. The second-order valence-corrected chi connectivity index (χ2v) is 4.65. The fourth-order valence-corrected chi connectivity index (χ4v) is 3.79. The highest BCUT2D eigenvalue weighted by atomic mass is 14.8. The summed E-state index contributed by atoms with van der Waals surface area (Å²) in [6.45, 7) is 2.53. The summed E-state index contributed by atoms with van der Waals surface area (Å²) in [7, 11) is 0. The molecule has 2 bridgehead atoms. The Hall–Kier alpha value is 0. The number of hydrogen-bond donors (Lipinski definition) is 0. The van der Waals surface area contributed by atoms with Gasteiger partial charge in [0.2, 0.25) is 0 Å². The number of hydrogen-bond acceptors (Lipinski definition) is 0. The monoisotopic (exact) mass is 122 g/mol. The Morgan fingerprint density at radius 1 is 1.22 bits per heavy atom. The molecule has 9 heavy (non-hydrogen) atoms. The van der Waals surface area contributed by atoms with Crippen LogP contribution >= 0.6 is 0 Å². The van der Waals surface area contributed by atoms with Gasteiger partial charge >= 0.3 is 0 Å². The minimum atomic E-state index is 0.868. The summed E-state index contributed by atoms with van der Waals surface area (Å²) < 4.78 is 0. The Morgan fingerprint density at radius 2 is 1.89 bits per heavy atom. The quantitative estimate of drug-likeness (QED) is 0.463. The zero-order chi connectivity index (χ0) is 6.11. The molecule has 0 aromatic heterocycles. The second kappa shape index (κ2) is 0.980. The average Bonchev–Trinajstić information content (AvgIpc) is 2.22. The van der Waals surface area contributed by atoms with Crippen LogP contribution in [0.4, 0.5) is 0 Å². The Morgan fingerprint density at radius 3 is 2.00 bits per heavy atom. The molecule has 0 saturated heterocycles. The normalized spacial score (nSPS) is 68.3. The van der Waals surface area contributed by atoms with Gasteiger partial charge in [0.1, 0.15) is 0 Å². The minimum absolute atomic E-state index is 0.868. The molecule has 3 rings (SSSR count). The summed E-state index contributed by atoms with van der Waals surface area (Å²) in [4.78, 5) is 0. The summed E-state index contributed by atoms with van der Waals surface area (Å²) >= 11 is 0. The smallest absolute Gasteiger partial charge is 0.0235 e. The lowest BCUT2D eigenvalue weighted by atomic mass is 9.89. The Balaban J connectivity index is 2.13. The first-order valence-corrected chi connectivity index (χ1v) is 4.27. The van der Waals surface area contributed by atoms with Gasteiger partial charge in [0.05, 0.1) is 0 Å². The minimum Gasteiger partial charge on any atom is -0.0588 e. The maximum Gasteiger partial charge on any atom is -0.0235 e. The molecule has 0 aliphatic heterocycles. The van der Waals surface area contributed by atoms with Crippen molar-refractivity contribution in [2.75, 3.05) is 0 Å². The van der Waals surface area contributed by atoms with Crippen LogP contribution in [0.15, 0.2) is 0 Å². The van der Waals surface area contributed by atoms with E-state index < -0.39 is 0 Å². The van der Waals surface area contributed by atoms with Gasteiger partial charge in [0.15, 0.2) is 0 Å². The zero-order valence-electron chi connectivity index (χ0n) is 6.11. The molecule has 3 saturated carbocycles. The van der Waals surface area contributed by atoms with Crippen LogP contribution < -0.4 is 0 Å². The maximum atomic E-state index is 2.53. The van der Waals surface area contributed by atoms with Gasteiger partial charge in [-0.25, -0.2) is 0 Å². The van der Waals surface area contributed by atoms with Crippen LogP contribution in [-0.2, 0) is 0 Å². The van der Waals surface area contributed by atoms with E-state index in [0.29, 0.717) is 0 Å². The van der Waals surface area contributed by atoms with Gasteiger partial charge in [-0.15, -0.1) is 0 Å². The van der Waals surface area contributed by atoms with E-state index in [0.717, 1.165) is 16.7 Å². The van der Waals surface area contributed by atoms with Gasteiger partial charge in [-0.05, 0) is 48.9 Å². The third-order valence-corrected chi connectivity index (χ3v) is 4.64. The van der Waals surface area contributed by atoms with E-state index >= 15 is 0 Å². The molecule has 3 fully saturated rings.